The number of aromatic nitrogens is 2. The Hall–Kier alpha value is -1.66. The maximum Gasteiger partial charge on any atom is 0.286 e. The second-order valence-electron chi connectivity index (χ2n) is 4.55. The third kappa shape index (κ3) is 4.18. The van der Waals surface area contributed by atoms with Crippen LogP contribution in [-0.2, 0) is 0 Å². The van der Waals surface area contributed by atoms with Crippen LogP contribution in [-0.4, -0.2) is 22.7 Å². The topological polar surface area (TPSA) is 64.1 Å². The number of hydrogen-bond acceptors (Lipinski definition) is 5. The van der Waals surface area contributed by atoms with Crippen molar-refractivity contribution in [3.05, 3.63) is 33.7 Å². The van der Waals surface area contributed by atoms with Crippen LogP contribution >= 0.6 is 22.9 Å². The Morgan fingerprint density at radius 1 is 1.45 bits per heavy atom. The van der Waals surface area contributed by atoms with E-state index in [4.69, 9.17) is 16.3 Å². The second kappa shape index (κ2) is 6.67. The number of halogens is 1. The van der Waals surface area contributed by atoms with Crippen LogP contribution in [0.5, 0.6) is 5.75 Å². The van der Waals surface area contributed by atoms with Crippen molar-refractivity contribution in [1.29, 1.82) is 0 Å². The molecule has 1 N–H and O–H groups in total. The fourth-order valence-corrected chi connectivity index (χ4v) is 2.13. The van der Waals surface area contributed by atoms with E-state index in [1.807, 2.05) is 12.1 Å². The minimum Gasteiger partial charge on any atom is -0.493 e. The zero-order valence-corrected chi connectivity index (χ0v) is 12.7. The van der Waals surface area contributed by atoms with Gasteiger partial charge in [-0.2, -0.15) is 0 Å². The molecular weight excluding hydrogens is 298 g/mol. The number of carbonyl (C=O) groups excluding carboxylic acids is 1. The predicted molar refractivity (Wildman–Crippen MR) is 79.6 cm³/mol. The zero-order valence-electron chi connectivity index (χ0n) is 11.1. The number of hydrogen-bond donors (Lipinski definition) is 1. The highest BCUT2D eigenvalue weighted by Gasteiger charge is 2.12. The highest BCUT2D eigenvalue weighted by atomic mass is 35.5. The van der Waals surface area contributed by atoms with Crippen molar-refractivity contribution in [1.82, 2.24) is 10.2 Å². The monoisotopic (exact) mass is 311 g/mol. The first-order valence-electron chi connectivity index (χ1n) is 6.08. The maximum absolute atomic E-state index is 11.9. The van der Waals surface area contributed by atoms with Crippen molar-refractivity contribution in [3.8, 4) is 5.75 Å². The Morgan fingerprint density at radius 3 is 2.90 bits per heavy atom. The number of anilines is 1. The summed E-state index contributed by atoms with van der Waals surface area (Å²) in [6.07, 6.45) is 0. The van der Waals surface area contributed by atoms with E-state index in [1.165, 1.54) is 0 Å². The molecule has 0 aliphatic carbocycles. The number of carbonyl (C=O) groups is 1. The molecule has 106 valence electrons. The van der Waals surface area contributed by atoms with Gasteiger partial charge in [-0.3, -0.25) is 4.79 Å². The SMILES string of the molecule is CC(C)COc1cccc(NC(=O)c2nnc(Cl)s2)c1. The van der Waals surface area contributed by atoms with Gasteiger partial charge in [-0.1, -0.05) is 31.3 Å². The fourth-order valence-electron chi connectivity index (χ4n) is 1.41. The number of amides is 1. The third-order valence-electron chi connectivity index (χ3n) is 2.27. The van der Waals surface area contributed by atoms with Crippen LogP contribution in [0.3, 0.4) is 0 Å². The summed E-state index contributed by atoms with van der Waals surface area (Å²) in [5.41, 5.74) is 0.641. The predicted octanol–water partition coefficient (Wildman–Crippen LogP) is 3.48. The number of ether oxygens (including phenoxy) is 1. The lowest BCUT2D eigenvalue weighted by Crippen LogP contribution is -2.12. The van der Waals surface area contributed by atoms with Crippen molar-refractivity contribution in [3.63, 3.8) is 0 Å². The summed E-state index contributed by atoms with van der Waals surface area (Å²) < 4.78 is 5.84. The van der Waals surface area contributed by atoms with Crippen LogP contribution in [0.4, 0.5) is 5.69 Å². The van der Waals surface area contributed by atoms with Crippen LogP contribution in [0.15, 0.2) is 24.3 Å². The summed E-state index contributed by atoms with van der Waals surface area (Å²) in [4.78, 5) is 11.9. The molecular formula is C13H14ClN3O2S. The number of nitrogens with one attached hydrogen (secondary N) is 1. The molecule has 0 saturated heterocycles. The maximum atomic E-state index is 11.9. The largest absolute Gasteiger partial charge is 0.493 e. The van der Waals surface area contributed by atoms with E-state index in [0.717, 1.165) is 11.3 Å². The highest BCUT2D eigenvalue weighted by molar-refractivity contribution is 7.17. The van der Waals surface area contributed by atoms with Gasteiger partial charge in [-0.15, -0.1) is 10.2 Å². The molecule has 1 aromatic carbocycles. The van der Waals surface area contributed by atoms with Gasteiger partial charge in [0.15, 0.2) is 0 Å². The summed E-state index contributed by atoms with van der Waals surface area (Å²) in [6.45, 7) is 4.78. The number of rotatable bonds is 5. The molecule has 0 unspecified atom stereocenters. The van der Waals surface area contributed by atoms with Crippen molar-refractivity contribution < 1.29 is 9.53 Å². The molecule has 1 aromatic heterocycles. The summed E-state index contributed by atoms with van der Waals surface area (Å²) >= 11 is 6.68. The van der Waals surface area contributed by atoms with E-state index in [2.05, 4.69) is 29.4 Å². The Morgan fingerprint density at radius 2 is 2.25 bits per heavy atom. The Balaban J connectivity index is 2.02. The molecule has 5 nitrogen and oxygen atoms in total. The van der Waals surface area contributed by atoms with Gasteiger partial charge in [0, 0.05) is 11.8 Å². The molecule has 1 heterocycles. The Labute approximate surface area is 125 Å². The summed E-state index contributed by atoms with van der Waals surface area (Å²) in [7, 11) is 0. The number of benzene rings is 1. The van der Waals surface area contributed by atoms with Crippen LogP contribution in [0.25, 0.3) is 0 Å². The van der Waals surface area contributed by atoms with Crippen LogP contribution < -0.4 is 10.1 Å². The van der Waals surface area contributed by atoms with E-state index in [0.29, 0.717) is 24.0 Å². The molecule has 20 heavy (non-hydrogen) atoms. The molecule has 1 amide bonds. The standard InChI is InChI=1S/C13H14ClN3O2S/c1-8(2)7-19-10-5-3-4-9(6-10)15-11(18)12-16-17-13(14)20-12/h3-6,8H,7H2,1-2H3,(H,15,18). The first kappa shape index (κ1) is 14.7. The third-order valence-corrected chi connectivity index (χ3v) is 3.29. The van der Waals surface area contributed by atoms with Gasteiger partial charge in [0.1, 0.15) is 5.75 Å². The van der Waals surface area contributed by atoms with E-state index >= 15 is 0 Å². The van der Waals surface area contributed by atoms with Crippen molar-refractivity contribution in [2.45, 2.75) is 13.8 Å². The summed E-state index contributed by atoms with van der Waals surface area (Å²) in [5.74, 6) is 0.819. The molecule has 0 aliphatic rings. The molecule has 0 spiro atoms. The molecule has 0 fully saturated rings. The first-order chi connectivity index (χ1) is 9.54. The van der Waals surface area contributed by atoms with Gasteiger partial charge in [-0.05, 0) is 29.7 Å². The molecule has 2 aromatic rings. The molecule has 0 bridgehead atoms. The van der Waals surface area contributed by atoms with Crippen LogP contribution in [0.2, 0.25) is 4.47 Å². The molecule has 0 radical (unpaired) electrons. The second-order valence-corrected chi connectivity index (χ2v) is 6.11. The molecule has 7 heteroatoms. The van der Waals surface area contributed by atoms with Gasteiger partial charge >= 0.3 is 0 Å². The summed E-state index contributed by atoms with van der Waals surface area (Å²) in [5, 5.41) is 10.2. The van der Waals surface area contributed by atoms with Crippen molar-refractivity contribution in [2.75, 3.05) is 11.9 Å². The summed E-state index contributed by atoms with van der Waals surface area (Å²) in [6, 6.07) is 7.21. The fraction of sp³-hybridized carbons (Fsp3) is 0.308. The normalized spacial score (nSPS) is 10.6. The van der Waals surface area contributed by atoms with E-state index in [-0.39, 0.29) is 15.4 Å². The number of nitrogens with zero attached hydrogens (tertiary/aromatic N) is 2. The highest BCUT2D eigenvalue weighted by Crippen LogP contribution is 2.20. The van der Waals surface area contributed by atoms with Crippen LogP contribution in [0.1, 0.15) is 23.6 Å². The van der Waals surface area contributed by atoms with Gasteiger partial charge in [0.05, 0.1) is 6.61 Å². The van der Waals surface area contributed by atoms with E-state index < -0.39 is 0 Å². The minimum absolute atomic E-state index is 0.225. The van der Waals surface area contributed by atoms with Gasteiger partial charge in [0.2, 0.25) is 9.47 Å². The smallest absolute Gasteiger partial charge is 0.286 e. The van der Waals surface area contributed by atoms with Crippen molar-refractivity contribution in [2.24, 2.45) is 5.92 Å². The zero-order chi connectivity index (χ0) is 14.5. The molecule has 0 saturated carbocycles. The van der Waals surface area contributed by atoms with Gasteiger partial charge in [-0.25, -0.2) is 0 Å². The molecule has 0 atom stereocenters. The molecule has 0 aliphatic heterocycles. The average molecular weight is 312 g/mol. The Bertz CT molecular complexity index is 601. The quantitative estimate of drug-likeness (QED) is 0.918. The first-order valence-corrected chi connectivity index (χ1v) is 7.27. The average Bonchev–Trinajstić information content (AvgIpc) is 2.84. The van der Waals surface area contributed by atoms with E-state index in [9.17, 15) is 4.79 Å². The van der Waals surface area contributed by atoms with Crippen LogP contribution in [0, 0.1) is 5.92 Å². The lowest BCUT2D eigenvalue weighted by atomic mass is 10.2. The van der Waals surface area contributed by atoms with Gasteiger partial charge < -0.3 is 10.1 Å². The van der Waals surface area contributed by atoms with E-state index in [1.54, 1.807) is 12.1 Å². The van der Waals surface area contributed by atoms with Gasteiger partial charge in [0.25, 0.3) is 5.91 Å². The van der Waals surface area contributed by atoms with Crippen molar-refractivity contribution >= 4 is 34.5 Å². The lowest BCUT2D eigenvalue weighted by molar-refractivity contribution is 0.102. The molecule has 2 rings (SSSR count). The minimum atomic E-state index is -0.338. The Kier molecular flexibility index (Phi) is 4.92. The lowest BCUT2D eigenvalue weighted by Gasteiger charge is -2.10.